The SMILES string of the molecule is COc1ccc(C(=O)N(Cc2cnc3ccccc3c2)C(CC2CCCCC2)C2CCCN2)cc1OC. The molecule has 1 aliphatic carbocycles. The largest absolute Gasteiger partial charge is 0.493 e. The van der Waals surface area contributed by atoms with Crippen molar-refractivity contribution in [1.82, 2.24) is 15.2 Å². The first kappa shape index (κ1) is 25.5. The van der Waals surface area contributed by atoms with Gasteiger partial charge in [-0.3, -0.25) is 9.78 Å². The van der Waals surface area contributed by atoms with E-state index in [-0.39, 0.29) is 11.9 Å². The van der Waals surface area contributed by atoms with Gasteiger partial charge in [0.1, 0.15) is 0 Å². The zero-order chi connectivity index (χ0) is 25.6. The van der Waals surface area contributed by atoms with Crippen LogP contribution in [0.4, 0.5) is 0 Å². The van der Waals surface area contributed by atoms with E-state index in [2.05, 4.69) is 22.3 Å². The molecule has 1 aromatic heterocycles. The lowest BCUT2D eigenvalue weighted by Crippen LogP contribution is -2.51. The highest BCUT2D eigenvalue weighted by Gasteiger charge is 2.35. The molecule has 2 heterocycles. The summed E-state index contributed by atoms with van der Waals surface area (Å²) in [7, 11) is 3.23. The van der Waals surface area contributed by atoms with Gasteiger partial charge in [-0.2, -0.15) is 0 Å². The van der Waals surface area contributed by atoms with Crippen LogP contribution in [-0.2, 0) is 6.54 Å². The van der Waals surface area contributed by atoms with E-state index < -0.39 is 0 Å². The fraction of sp³-hybridized carbons (Fsp3) is 0.484. The molecular formula is C31H39N3O3. The van der Waals surface area contributed by atoms with E-state index in [0.29, 0.717) is 35.6 Å². The number of benzene rings is 2. The van der Waals surface area contributed by atoms with Gasteiger partial charge >= 0.3 is 0 Å². The summed E-state index contributed by atoms with van der Waals surface area (Å²) in [6, 6.07) is 16.3. The van der Waals surface area contributed by atoms with Crippen molar-refractivity contribution >= 4 is 16.8 Å². The molecule has 2 aliphatic rings. The van der Waals surface area contributed by atoms with E-state index in [1.807, 2.05) is 42.6 Å². The van der Waals surface area contributed by atoms with E-state index >= 15 is 0 Å². The Morgan fingerprint density at radius 2 is 1.81 bits per heavy atom. The van der Waals surface area contributed by atoms with Gasteiger partial charge in [0.05, 0.1) is 19.7 Å². The number of fused-ring (bicyclic) bond motifs is 1. The number of hydrogen-bond donors (Lipinski definition) is 1. The number of carbonyl (C=O) groups is 1. The minimum atomic E-state index is 0.0311. The monoisotopic (exact) mass is 501 g/mol. The second-order valence-electron chi connectivity index (χ2n) is 10.5. The highest BCUT2D eigenvalue weighted by molar-refractivity contribution is 5.95. The lowest BCUT2D eigenvalue weighted by atomic mass is 9.82. The van der Waals surface area contributed by atoms with Crippen molar-refractivity contribution in [3.63, 3.8) is 0 Å². The van der Waals surface area contributed by atoms with Crippen LogP contribution in [0.3, 0.4) is 0 Å². The fourth-order valence-electron chi connectivity index (χ4n) is 6.19. The molecule has 196 valence electrons. The normalized spacial score (nSPS) is 19.0. The quantitative estimate of drug-likeness (QED) is 0.390. The van der Waals surface area contributed by atoms with Gasteiger partial charge in [0.2, 0.25) is 0 Å². The van der Waals surface area contributed by atoms with Crippen molar-refractivity contribution in [2.24, 2.45) is 5.92 Å². The van der Waals surface area contributed by atoms with Crippen LogP contribution in [0.25, 0.3) is 10.9 Å². The topological polar surface area (TPSA) is 63.7 Å². The smallest absolute Gasteiger partial charge is 0.254 e. The average molecular weight is 502 g/mol. The molecule has 2 atom stereocenters. The number of rotatable bonds is 9. The van der Waals surface area contributed by atoms with Crippen LogP contribution in [0.2, 0.25) is 0 Å². The number of methoxy groups -OCH3 is 2. The maximum absolute atomic E-state index is 14.3. The number of para-hydroxylation sites is 1. The van der Waals surface area contributed by atoms with E-state index in [9.17, 15) is 4.79 Å². The summed E-state index contributed by atoms with van der Waals surface area (Å²) < 4.78 is 11.0. The molecule has 1 saturated carbocycles. The van der Waals surface area contributed by atoms with Gasteiger partial charge < -0.3 is 19.7 Å². The number of nitrogens with one attached hydrogen (secondary N) is 1. The van der Waals surface area contributed by atoms with Crippen LogP contribution in [0, 0.1) is 5.92 Å². The third-order valence-electron chi connectivity index (χ3n) is 8.15. The number of amides is 1. The van der Waals surface area contributed by atoms with Gasteiger partial charge in [0.25, 0.3) is 5.91 Å². The average Bonchev–Trinajstić information content (AvgIpc) is 3.49. The molecule has 3 aromatic rings. The molecule has 2 aromatic carbocycles. The minimum absolute atomic E-state index is 0.0311. The van der Waals surface area contributed by atoms with E-state index in [0.717, 1.165) is 42.3 Å². The van der Waals surface area contributed by atoms with E-state index in [1.54, 1.807) is 14.2 Å². The standard InChI is InChI=1S/C31H39N3O3/c1-36-29-15-14-25(19-30(29)37-2)31(35)34(21-23-17-24-11-6-7-12-26(24)33-20-23)28(27-13-8-16-32-27)18-22-9-4-3-5-10-22/h6-7,11-12,14-15,17,19-20,22,27-28,32H,3-5,8-10,13,16,18,21H2,1-2H3. The predicted molar refractivity (Wildman–Crippen MR) is 147 cm³/mol. The Balaban J connectivity index is 1.52. The first-order valence-corrected chi connectivity index (χ1v) is 13.8. The molecule has 1 amide bonds. The highest BCUT2D eigenvalue weighted by atomic mass is 16.5. The van der Waals surface area contributed by atoms with Crippen molar-refractivity contribution in [1.29, 1.82) is 0 Å². The number of hydrogen-bond acceptors (Lipinski definition) is 5. The predicted octanol–water partition coefficient (Wildman–Crippen LogP) is 5.99. The molecule has 37 heavy (non-hydrogen) atoms. The van der Waals surface area contributed by atoms with Gasteiger partial charge in [-0.1, -0.05) is 50.3 Å². The first-order chi connectivity index (χ1) is 18.2. The van der Waals surface area contributed by atoms with Gasteiger partial charge in [0.15, 0.2) is 11.5 Å². The Labute approximate surface area is 220 Å². The third kappa shape index (κ3) is 5.90. The molecule has 0 radical (unpaired) electrons. The molecule has 5 rings (SSSR count). The van der Waals surface area contributed by atoms with Crippen LogP contribution >= 0.6 is 0 Å². The number of nitrogens with zero attached hydrogens (tertiary/aromatic N) is 2. The Bertz CT molecular complexity index is 1200. The van der Waals surface area contributed by atoms with Crippen LogP contribution < -0.4 is 14.8 Å². The molecule has 2 unspecified atom stereocenters. The maximum Gasteiger partial charge on any atom is 0.254 e. The Morgan fingerprint density at radius 3 is 2.57 bits per heavy atom. The maximum atomic E-state index is 14.3. The summed E-state index contributed by atoms with van der Waals surface area (Å²) in [6.07, 6.45) is 11.7. The van der Waals surface area contributed by atoms with Crippen molar-refractivity contribution in [2.75, 3.05) is 20.8 Å². The van der Waals surface area contributed by atoms with Crippen LogP contribution in [-0.4, -0.2) is 48.6 Å². The molecule has 1 N–H and O–H groups in total. The van der Waals surface area contributed by atoms with Gasteiger partial charge in [-0.05, 0) is 67.6 Å². The third-order valence-corrected chi connectivity index (χ3v) is 8.15. The van der Waals surface area contributed by atoms with Crippen LogP contribution in [0.1, 0.15) is 67.3 Å². The lowest BCUT2D eigenvalue weighted by molar-refractivity contribution is 0.0570. The zero-order valence-electron chi connectivity index (χ0n) is 22.1. The molecular weight excluding hydrogens is 462 g/mol. The lowest BCUT2D eigenvalue weighted by Gasteiger charge is -2.39. The molecule has 0 spiro atoms. The second kappa shape index (κ2) is 12.0. The van der Waals surface area contributed by atoms with Crippen molar-refractivity contribution in [2.45, 2.75) is 70.0 Å². The molecule has 1 aliphatic heterocycles. The Morgan fingerprint density at radius 1 is 1.00 bits per heavy atom. The van der Waals surface area contributed by atoms with Gasteiger partial charge in [-0.15, -0.1) is 0 Å². The zero-order valence-corrected chi connectivity index (χ0v) is 22.1. The van der Waals surface area contributed by atoms with Crippen LogP contribution in [0.15, 0.2) is 54.7 Å². The van der Waals surface area contributed by atoms with Crippen molar-refractivity contribution in [3.05, 3.63) is 65.9 Å². The van der Waals surface area contributed by atoms with Crippen LogP contribution in [0.5, 0.6) is 11.5 Å². The van der Waals surface area contributed by atoms with Crippen molar-refractivity contribution < 1.29 is 14.3 Å². The van der Waals surface area contributed by atoms with Gasteiger partial charge in [0, 0.05) is 35.8 Å². The molecule has 6 heteroatoms. The number of ether oxygens (including phenoxy) is 2. The summed E-state index contributed by atoms with van der Waals surface area (Å²) in [6.45, 7) is 1.54. The minimum Gasteiger partial charge on any atom is -0.493 e. The number of carbonyl (C=O) groups excluding carboxylic acids is 1. The number of pyridine rings is 1. The first-order valence-electron chi connectivity index (χ1n) is 13.8. The Hall–Kier alpha value is -3.12. The molecule has 1 saturated heterocycles. The molecule has 2 fully saturated rings. The molecule has 0 bridgehead atoms. The van der Waals surface area contributed by atoms with E-state index in [4.69, 9.17) is 14.5 Å². The molecule has 6 nitrogen and oxygen atoms in total. The number of aromatic nitrogens is 1. The summed E-state index contributed by atoms with van der Waals surface area (Å²) >= 11 is 0. The summed E-state index contributed by atoms with van der Waals surface area (Å²) in [5.41, 5.74) is 2.65. The summed E-state index contributed by atoms with van der Waals surface area (Å²) in [5, 5.41) is 4.83. The summed E-state index contributed by atoms with van der Waals surface area (Å²) in [4.78, 5) is 21.1. The second-order valence-corrected chi connectivity index (χ2v) is 10.5. The summed E-state index contributed by atoms with van der Waals surface area (Å²) in [5.74, 6) is 1.89. The highest BCUT2D eigenvalue weighted by Crippen LogP contribution is 2.34. The van der Waals surface area contributed by atoms with Gasteiger partial charge in [-0.25, -0.2) is 0 Å². The fourth-order valence-corrected chi connectivity index (χ4v) is 6.19. The Kier molecular flexibility index (Phi) is 8.24. The van der Waals surface area contributed by atoms with Crippen molar-refractivity contribution in [3.8, 4) is 11.5 Å². The van der Waals surface area contributed by atoms with E-state index in [1.165, 1.54) is 32.1 Å².